The lowest BCUT2D eigenvalue weighted by Gasteiger charge is -2.11. The second-order valence-corrected chi connectivity index (χ2v) is 3.77. The number of halogens is 1. The molecular weight excluding hydrogens is 219 g/mol. The third-order valence-electron chi connectivity index (χ3n) is 2.44. The minimum absolute atomic E-state index is 0.250. The molecule has 0 radical (unpaired) electrons. The van der Waals surface area contributed by atoms with Crippen molar-refractivity contribution in [3.05, 3.63) is 29.6 Å². The van der Waals surface area contributed by atoms with Crippen molar-refractivity contribution in [2.24, 2.45) is 10.8 Å². The largest absolute Gasteiger partial charge is 0.325 e. The molecule has 0 fully saturated rings. The van der Waals surface area contributed by atoms with Crippen LogP contribution in [0.5, 0.6) is 0 Å². The van der Waals surface area contributed by atoms with Crippen LogP contribution in [-0.4, -0.2) is 12.5 Å². The van der Waals surface area contributed by atoms with Gasteiger partial charge < -0.3 is 5.32 Å². The first kappa shape index (κ1) is 13.4. The Balaban J connectivity index is 2.73. The van der Waals surface area contributed by atoms with E-state index >= 15 is 0 Å². The molecule has 0 aliphatic carbocycles. The minimum Gasteiger partial charge on any atom is -0.325 e. The van der Waals surface area contributed by atoms with E-state index in [9.17, 15) is 4.39 Å². The standard InChI is InChI=1S/C12H19FN4/c1-3-4-8-15-12(17-14)16-11-7-5-6-10(13)9(11)2/h5-7H,3-4,8,14H2,1-2H3,(H2,15,16,17). The fourth-order valence-electron chi connectivity index (χ4n) is 1.34. The Hall–Kier alpha value is -1.62. The van der Waals surface area contributed by atoms with Crippen LogP contribution in [0.1, 0.15) is 25.3 Å². The maximum absolute atomic E-state index is 13.3. The molecule has 1 aromatic carbocycles. The third-order valence-corrected chi connectivity index (χ3v) is 2.44. The number of anilines is 1. The lowest BCUT2D eigenvalue weighted by atomic mass is 10.2. The second kappa shape index (κ2) is 6.85. The number of aliphatic imine (C=N–C) groups is 1. The van der Waals surface area contributed by atoms with Gasteiger partial charge in [0.05, 0.1) is 0 Å². The van der Waals surface area contributed by atoms with Crippen LogP contribution >= 0.6 is 0 Å². The number of hydrogen-bond donors (Lipinski definition) is 3. The van der Waals surface area contributed by atoms with E-state index in [1.807, 2.05) is 0 Å². The molecular formula is C12H19FN4. The number of nitrogens with two attached hydrogens (primary N) is 1. The maximum Gasteiger partial charge on any atom is 0.210 e. The molecule has 17 heavy (non-hydrogen) atoms. The quantitative estimate of drug-likeness (QED) is 0.248. The van der Waals surface area contributed by atoms with Crippen molar-refractivity contribution in [3.8, 4) is 0 Å². The first-order chi connectivity index (χ1) is 8.19. The third kappa shape index (κ3) is 4.03. The molecule has 0 atom stereocenters. The number of nitrogens with one attached hydrogen (secondary N) is 2. The van der Waals surface area contributed by atoms with E-state index in [-0.39, 0.29) is 5.82 Å². The Morgan fingerprint density at radius 2 is 2.24 bits per heavy atom. The van der Waals surface area contributed by atoms with Gasteiger partial charge in [0.25, 0.3) is 0 Å². The molecule has 0 aliphatic heterocycles. The molecule has 0 heterocycles. The topological polar surface area (TPSA) is 62.4 Å². The summed E-state index contributed by atoms with van der Waals surface area (Å²) in [4.78, 5) is 4.24. The number of unbranched alkanes of at least 4 members (excludes halogenated alkanes) is 1. The highest BCUT2D eigenvalue weighted by Crippen LogP contribution is 2.16. The van der Waals surface area contributed by atoms with Gasteiger partial charge >= 0.3 is 0 Å². The van der Waals surface area contributed by atoms with E-state index in [0.717, 1.165) is 12.8 Å². The number of benzene rings is 1. The van der Waals surface area contributed by atoms with Crippen molar-refractivity contribution in [3.63, 3.8) is 0 Å². The predicted octanol–water partition coefficient (Wildman–Crippen LogP) is 2.17. The van der Waals surface area contributed by atoms with Crippen LogP contribution < -0.4 is 16.6 Å². The molecule has 4 nitrogen and oxygen atoms in total. The molecule has 0 saturated carbocycles. The van der Waals surface area contributed by atoms with Crippen molar-refractivity contribution in [2.45, 2.75) is 26.7 Å². The van der Waals surface area contributed by atoms with E-state index < -0.39 is 0 Å². The molecule has 0 spiro atoms. The van der Waals surface area contributed by atoms with Gasteiger partial charge in [0.1, 0.15) is 5.82 Å². The molecule has 94 valence electrons. The van der Waals surface area contributed by atoms with Crippen LogP contribution in [0.2, 0.25) is 0 Å². The van der Waals surface area contributed by atoms with Gasteiger partial charge in [-0.2, -0.15) is 0 Å². The average molecular weight is 238 g/mol. The van der Waals surface area contributed by atoms with Crippen LogP contribution in [0.3, 0.4) is 0 Å². The molecule has 0 saturated heterocycles. The van der Waals surface area contributed by atoms with Crippen molar-refractivity contribution < 1.29 is 4.39 Å². The number of rotatable bonds is 4. The van der Waals surface area contributed by atoms with E-state index in [2.05, 4.69) is 22.7 Å². The van der Waals surface area contributed by atoms with E-state index in [1.54, 1.807) is 19.1 Å². The Morgan fingerprint density at radius 3 is 2.88 bits per heavy atom. The van der Waals surface area contributed by atoms with E-state index in [4.69, 9.17) is 5.84 Å². The molecule has 4 N–H and O–H groups in total. The highest BCUT2D eigenvalue weighted by molar-refractivity contribution is 5.93. The fourth-order valence-corrected chi connectivity index (χ4v) is 1.34. The molecule has 0 amide bonds. The Bertz CT molecular complexity index is 390. The van der Waals surface area contributed by atoms with Gasteiger partial charge in [0.15, 0.2) is 0 Å². The molecule has 1 aromatic rings. The van der Waals surface area contributed by atoms with Gasteiger partial charge in [-0.3, -0.25) is 10.4 Å². The monoisotopic (exact) mass is 238 g/mol. The number of guanidine groups is 1. The zero-order valence-electron chi connectivity index (χ0n) is 10.3. The maximum atomic E-state index is 13.3. The summed E-state index contributed by atoms with van der Waals surface area (Å²) < 4.78 is 13.3. The van der Waals surface area contributed by atoms with Gasteiger partial charge in [0.2, 0.25) is 5.96 Å². The van der Waals surface area contributed by atoms with Crippen molar-refractivity contribution in [1.29, 1.82) is 0 Å². The van der Waals surface area contributed by atoms with Gasteiger partial charge in [-0.15, -0.1) is 0 Å². The van der Waals surface area contributed by atoms with E-state index in [1.165, 1.54) is 6.07 Å². The van der Waals surface area contributed by atoms with Gasteiger partial charge in [-0.05, 0) is 25.5 Å². The van der Waals surface area contributed by atoms with Gasteiger partial charge in [0, 0.05) is 17.8 Å². The predicted molar refractivity (Wildman–Crippen MR) is 69.3 cm³/mol. The fraction of sp³-hybridized carbons (Fsp3) is 0.417. The van der Waals surface area contributed by atoms with Crippen molar-refractivity contribution in [2.75, 3.05) is 11.9 Å². The lowest BCUT2D eigenvalue weighted by molar-refractivity contribution is 0.619. The first-order valence-corrected chi connectivity index (χ1v) is 5.72. The Morgan fingerprint density at radius 1 is 1.47 bits per heavy atom. The molecule has 0 aromatic heterocycles. The Kier molecular flexibility index (Phi) is 5.42. The zero-order chi connectivity index (χ0) is 12.7. The van der Waals surface area contributed by atoms with Crippen LogP contribution in [0, 0.1) is 12.7 Å². The van der Waals surface area contributed by atoms with Gasteiger partial charge in [-0.25, -0.2) is 10.2 Å². The molecule has 0 bridgehead atoms. The van der Waals surface area contributed by atoms with E-state index in [0.29, 0.717) is 23.8 Å². The zero-order valence-corrected chi connectivity index (χ0v) is 10.3. The lowest BCUT2D eigenvalue weighted by Crippen LogP contribution is -2.36. The molecule has 0 unspecified atom stereocenters. The number of nitrogens with zero attached hydrogens (tertiary/aromatic N) is 1. The minimum atomic E-state index is -0.250. The van der Waals surface area contributed by atoms with Crippen LogP contribution in [0.4, 0.5) is 10.1 Å². The normalized spacial score (nSPS) is 11.4. The number of hydrazine groups is 1. The van der Waals surface area contributed by atoms with Crippen LogP contribution in [-0.2, 0) is 0 Å². The Labute approximate surface area is 101 Å². The summed E-state index contributed by atoms with van der Waals surface area (Å²) in [5, 5.41) is 2.97. The first-order valence-electron chi connectivity index (χ1n) is 5.72. The smallest absolute Gasteiger partial charge is 0.210 e. The highest BCUT2D eigenvalue weighted by atomic mass is 19.1. The molecule has 1 rings (SSSR count). The summed E-state index contributed by atoms with van der Waals surface area (Å²) >= 11 is 0. The van der Waals surface area contributed by atoms with Crippen LogP contribution in [0.15, 0.2) is 23.2 Å². The number of hydrogen-bond acceptors (Lipinski definition) is 2. The van der Waals surface area contributed by atoms with Crippen molar-refractivity contribution >= 4 is 11.6 Å². The summed E-state index contributed by atoms with van der Waals surface area (Å²) in [5.74, 6) is 5.55. The van der Waals surface area contributed by atoms with Gasteiger partial charge in [-0.1, -0.05) is 19.4 Å². The van der Waals surface area contributed by atoms with Crippen LogP contribution in [0.25, 0.3) is 0 Å². The summed E-state index contributed by atoms with van der Waals surface area (Å²) in [6.45, 7) is 4.49. The summed E-state index contributed by atoms with van der Waals surface area (Å²) in [5.41, 5.74) is 3.68. The second-order valence-electron chi connectivity index (χ2n) is 3.77. The molecule has 5 heteroatoms. The molecule has 0 aliphatic rings. The van der Waals surface area contributed by atoms with Crippen molar-refractivity contribution in [1.82, 2.24) is 5.43 Å². The summed E-state index contributed by atoms with van der Waals surface area (Å²) in [7, 11) is 0. The average Bonchev–Trinajstić information content (AvgIpc) is 2.33. The summed E-state index contributed by atoms with van der Waals surface area (Å²) in [6, 6.07) is 4.85. The summed E-state index contributed by atoms with van der Waals surface area (Å²) in [6.07, 6.45) is 2.06. The highest BCUT2D eigenvalue weighted by Gasteiger charge is 2.04. The SMILES string of the molecule is CCCCN=C(NN)Nc1cccc(F)c1C.